The second-order valence-corrected chi connectivity index (χ2v) is 3.04. The molecule has 1 aromatic rings. The summed E-state index contributed by atoms with van der Waals surface area (Å²) in [7, 11) is 1.59. The first-order chi connectivity index (χ1) is 7.27. The van der Waals surface area contributed by atoms with Gasteiger partial charge in [0.2, 0.25) is 0 Å². The number of nitrogens with two attached hydrogens (primary N) is 1. The third-order valence-electron chi connectivity index (χ3n) is 1.84. The van der Waals surface area contributed by atoms with Crippen molar-refractivity contribution in [3.63, 3.8) is 0 Å². The fourth-order valence-electron chi connectivity index (χ4n) is 1.16. The molecule has 0 atom stereocenters. The second-order valence-electron chi connectivity index (χ2n) is 3.04. The predicted molar refractivity (Wildman–Crippen MR) is 59.6 cm³/mol. The monoisotopic (exact) mass is 205 g/mol. The minimum atomic E-state index is 0.259. The summed E-state index contributed by atoms with van der Waals surface area (Å²) in [6, 6.07) is 5.75. The van der Waals surface area contributed by atoms with Crippen LogP contribution in [0.25, 0.3) is 0 Å². The molecule has 15 heavy (non-hydrogen) atoms. The summed E-state index contributed by atoms with van der Waals surface area (Å²) in [4.78, 5) is 0. The lowest BCUT2D eigenvalue weighted by Gasteiger charge is -2.07. The van der Waals surface area contributed by atoms with Gasteiger partial charge in [0.25, 0.3) is 0 Å². The van der Waals surface area contributed by atoms with E-state index in [-0.39, 0.29) is 6.79 Å². The maximum atomic E-state index is 5.35. The molecule has 0 spiro atoms. The standard InChI is InChI=1S/C12H15NO2/c1-10-8-11(4-3-7-13)5-6-12(10)15-9-14-2/h5-6,8H,7,9,13H2,1-2H3. The van der Waals surface area contributed by atoms with Crippen LogP contribution >= 0.6 is 0 Å². The van der Waals surface area contributed by atoms with Gasteiger partial charge in [-0.3, -0.25) is 0 Å². The molecule has 1 rings (SSSR count). The van der Waals surface area contributed by atoms with Crippen LogP contribution in [0.5, 0.6) is 5.75 Å². The molecule has 0 radical (unpaired) electrons. The molecule has 2 N–H and O–H groups in total. The van der Waals surface area contributed by atoms with Gasteiger partial charge in [0.05, 0.1) is 6.54 Å². The fourth-order valence-corrected chi connectivity index (χ4v) is 1.16. The maximum absolute atomic E-state index is 5.35. The van der Waals surface area contributed by atoms with Gasteiger partial charge < -0.3 is 15.2 Å². The minimum absolute atomic E-state index is 0.259. The molecule has 0 aliphatic heterocycles. The van der Waals surface area contributed by atoms with Crippen LogP contribution in [0.15, 0.2) is 18.2 Å². The smallest absolute Gasteiger partial charge is 0.188 e. The van der Waals surface area contributed by atoms with Crippen molar-refractivity contribution in [3.8, 4) is 17.6 Å². The zero-order chi connectivity index (χ0) is 11.1. The highest BCUT2D eigenvalue weighted by atomic mass is 16.7. The van der Waals surface area contributed by atoms with E-state index in [0.29, 0.717) is 6.54 Å². The molecule has 1 aromatic carbocycles. The van der Waals surface area contributed by atoms with Crippen molar-refractivity contribution in [3.05, 3.63) is 29.3 Å². The normalized spacial score (nSPS) is 9.27. The van der Waals surface area contributed by atoms with E-state index in [4.69, 9.17) is 15.2 Å². The SMILES string of the molecule is COCOc1ccc(C#CCN)cc1C. The predicted octanol–water partition coefficient (Wildman–Crippen LogP) is 1.29. The van der Waals surface area contributed by atoms with Crippen molar-refractivity contribution >= 4 is 0 Å². The average Bonchev–Trinajstić information content (AvgIpc) is 2.25. The van der Waals surface area contributed by atoms with Crippen LogP contribution in [0.4, 0.5) is 0 Å². The van der Waals surface area contributed by atoms with E-state index in [9.17, 15) is 0 Å². The van der Waals surface area contributed by atoms with E-state index in [1.165, 1.54) is 0 Å². The van der Waals surface area contributed by atoms with Crippen LogP contribution < -0.4 is 10.5 Å². The van der Waals surface area contributed by atoms with Crippen LogP contribution in [0.2, 0.25) is 0 Å². The van der Waals surface area contributed by atoms with Gasteiger partial charge in [0, 0.05) is 12.7 Å². The first-order valence-corrected chi connectivity index (χ1v) is 4.69. The van der Waals surface area contributed by atoms with Crippen molar-refractivity contribution < 1.29 is 9.47 Å². The average molecular weight is 205 g/mol. The molecule has 0 fully saturated rings. The quantitative estimate of drug-likeness (QED) is 0.597. The van der Waals surface area contributed by atoms with E-state index < -0.39 is 0 Å². The summed E-state index contributed by atoms with van der Waals surface area (Å²) < 4.78 is 10.2. The molecule has 3 heteroatoms. The van der Waals surface area contributed by atoms with Gasteiger partial charge in [-0.15, -0.1) is 0 Å². The first kappa shape index (κ1) is 11.6. The highest BCUT2D eigenvalue weighted by Crippen LogP contribution is 2.18. The molecule has 0 amide bonds. The molecule has 0 bridgehead atoms. The number of ether oxygens (including phenoxy) is 2. The molecule has 80 valence electrons. The molecule has 0 aliphatic rings. The largest absolute Gasteiger partial charge is 0.467 e. The van der Waals surface area contributed by atoms with E-state index in [0.717, 1.165) is 16.9 Å². The molecular formula is C12H15NO2. The Bertz CT molecular complexity index is 377. The van der Waals surface area contributed by atoms with Gasteiger partial charge in [-0.05, 0) is 30.7 Å². The van der Waals surface area contributed by atoms with E-state index in [1.54, 1.807) is 7.11 Å². The van der Waals surface area contributed by atoms with E-state index in [1.807, 2.05) is 25.1 Å². The first-order valence-electron chi connectivity index (χ1n) is 4.69. The van der Waals surface area contributed by atoms with Gasteiger partial charge in [-0.2, -0.15) is 0 Å². The topological polar surface area (TPSA) is 44.5 Å². The van der Waals surface area contributed by atoms with Crippen molar-refractivity contribution in [2.75, 3.05) is 20.4 Å². The Morgan fingerprint density at radius 1 is 1.40 bits per heavy atom. The molecule has 0 heterocycles. The molecule has 3 nitrogen and oxygen atoms in total. The Labute approximate surface area is 90.2 Å². The lowest BCUT2D eigenvalue weighted by Crippen LogP contribution is -2.00. The Morgan fingerprint density at radius 3 is 2.80 bits per heavy atom. The zero-order valence-corrected chi connectivity index (χ0v) is 9.04. The van der Waals surface area contributed by atoms with Crippen LogP contribution in [-0.2, 0) is 4.74 Å². The Balaban J connectivity index is 2.78. The highest BCUT2D eigenvalue weighted by molar-refractivity contribution is 5.43. The molecule has 0 aromatic heterocycles. The Kier molecular flexibility index (Phi) is 4.69. The van der Waals surface area contributed by atoms with Crippen molar-refractivity contribution in [1.29, 1.82) is 0 Å². The third-order valence-corrected chi connectivity index (χ3v) is 1.84. The van der Waals surface area contributed by atoms with E-state index in [2.05, 4.69) is 11.8 Å². The highest BCUT2D eigenvalue weighted by Gasteiger charge is 1.99. The zero-order valence-electron chi connectivity index (χ0n) is 9.04. The number of hydrogen-bond donors (Lipinski definition) is 1. The van der Waals surface area contributed by atoms with Crippen molar-refractivity contribution in [2.45, 2.75) is 6.92 Å². The second kappa shape index (κ2) is 6.07. The van der Waals surface area contributed by atoms with Crippen LogP contribution in [0, 0.1) is 18.8 Å². The summed E-state index contributed by atoms with van der Waals surface area (Å²) in [5, 5.41) is 0. The van der Waals surface area contributed by atoms with Gasteiger partial charge in [-0.25, -0.2) is 0 Å². The molecule has 0 unspecified atom stereocenters. The van der Waals surface area contributed by atoms with Gasteiger partial charge in [0.15, 0.2) is 6.79 Å². The summed E-state index contributed by atoms with van der Waals surface area (Å²) in [6.45, 7) is 2.61. The van der Waals surface area contributed by atoms with Crippen molar-refractivity contribution in [2.24, 2.45) is 5.73 Å². The molecular weight excluding hydrogens is 190 g/mol. The number of hydrogen-bond acceptors (Lipinski definition) is 3. The minimum Gasteiger partial charge on any atom is -0.467 e. The van der Waals surface area contributed by atoms with Crippen LogP contribution in [0.3, 0.4) is 0 Å². The number of benzene rings is 1. The lowest BCUT2D eigenvalue weighted by atomic mass is 10.1. The maximum Gasteiger partial charge on any atom is 0.188 e. The lowest BCUT2D eigenvalue weighted by molar-refractivity contribution is 0.0506. The third kappa shape index (κ3) is 3.62. The Morgan fingerprint density at radius 2 is 2.20 bits per heavy atom. The summed E-state index contributed by atoms with van der Waals surface area (Å²) in [5.41, 5.74) is 7.28. The summed E-state index contributed by atoms with van der Waals surface area (Å²) >= 11 is 0. The fraction of sp³-hybridized carbons (Fsp3) is 0.333. The van der Waals surface area contributed by atoms with E-state index >= 15 is 0 Å². The molecule has 0 aliphatic carbocycles. The van der Waals surface area contributed by atoms with Crippen LogP contribution in [0.1, 0.15) is 11.1 Å². The molecule has 0 saturated heterocycles. The van der Waals surface area contributed by atoms with Gasteiger partial charge in [0.1, 0.15) is 5.75 Å². The van der Waals surface area contributed by atoms with Crippen molar-refractivity contribution in [1.82, 2.24) is 0 Å². The number of methoxy groups -OCH3 is 1. The number of rotatable bonds is 3. The summed E-state index contributed by atoms with van der Waals surface area (Å²) in [5.74, 6) is 6.59. The van der Waals surface area contributed by atoms with Gasteiger partial charge >= 0.3 is 0 Å². The van der Waals surface area contributed by atoms with Crippen LogP contribution in [-0.4, -0.2) is 20.4 Å². The molecule has 0 saturated carbocycles. The number of aryl methyl sites for hydroxylation is 1. The Hall–Kier alpha value is -1.50. The van der Waals surface area contributed by atoms with Gasteiger partial charge in [-0.1, -0.05) is 11.8 Å². The summed E-state index contributed by atoms with van der Waals surface area (Å²) in [6.07, 6.45) is 0.